The van der Waals surface area contributed by atoms with Gasteiger partial charge < -0.3 is 9.47 Å². The van der Waals surface area contributed by atoms with Crippen molar-refractivity contribution >= 4 is 17.6 Å². The Morgan fingerprint density at radius 2 is 2.11 bits per heavy atom. The van der Waals surface area contributed by atoms with Crippen LogP contribution in [0.25, 0.3) is 0 Å². The van der Waals surface area contributed by atoms with Crippen LogP contribution in [0.3, 0.4) is 0 Å². The summed E-state index contributed by atoms with van der Waals surface area (Å²) in [6.07, 6.45) is -5.00. The molecule has 0 spiro atoms. The smallest absolute Gasteiger partial charge is 0.465 e. The predicted molar refractivity (Wildman–Crippen MR) is 58.7 cm³/mol. The predicted octanol–water partition coefficient (Wildman–Crippen LogP) is 2.98. The van der Waals surface area contributed by atoms with Gasteiger partial charge in [0.05, 0.1) is 18.7 Å². The number of nitrogens with zero attached hydrogens (tertiary/aromatic N) is 1. The van der Waals surface area contributed by atoms with E-state index in [4.69, 9.17) is 16.9 Å². The zero-order chi connectivity index (χ0) is 14.6. The van der Waals surface area contributed by atoms with Crippen LogP contribution in [-0.2, 0) is 10.6 Å². The molecule has 8 heteroatoms. The Kier molecular flexibility index (Phi) is 4.62. The van der Waals surface area contributed by atoms with Gasteiger partial charge >= 0.3 is 12.3 Å². The van der Waals surface area contributed by atoms with Gasteiger partial charge in [-0.1, -0.05) is 0 Å². The highest BCUT2D eigenvalue weighted by atomic mass is 35.5. The molecule has 0 aliphatic rings. The summed E-state index contributed by atoms with van der Waals surface area (Å²) in [6.45, 7) is 0. The van der Waals surface area contributed by atoms with Gasteiger partial charge in [-0.15, -0.1) is 24.8 Å². The van der Waals surface area contributed by atoms with Crippen LogP contribution in [0.5, 0.6) is 5.75 Å². The molecule has 0 bridgehead atoms. The molecule has 1 aromatic carbocycles. The minimum absolute atomic E-state index is 0.0202. The van der Waals surface area contributed by atoms with E-state index in [1.54, 1.807) is 6.07 Å². The van der Waals surface area contributed by atoms with Gasteiger partial charge in [0.25, 0.3) is 0 Å². The molecule has 0 radical (unpaired) electrons. The molecule has 0 aromatic heterocycles. The molecular weight excluding hydrogens is 287 g/mol. The van der Waals surface area contributed by atoms with Gasteiger partial charge in [-0.2, -0.15) is 5.26 Å². The van der Waals surface area contributed by atoms with Gasteiger partial charge in [-0.3, -0.25) is 0 Å². The number of esters is 1. The van der Waals surface area contributed by atoms with Crippen LogP contribution in [0.4, 0.5) is 13.2 Å². The molecule has 0 unspecified atom stereocenters. The minimum Gasteiger partial charge on any atom is -0.465 e. The number of ether oxygens (including phenoxy) is 2. The quantitative estimate of drug-likeness (QED) is 0.635. The number of nitriles is 1. The number of benzene rings is 1. The fourth-order valence-electron chi connectivity index (χ4n) is 1.38. The van der Waals surface area contributed by atoms with Crippen LogP contribution in [0.2, 0.25) is 0 Å². The Morgan fingerprint density at radius 1 is 1.47 bits per heavy atom. The van der Waals surface area contributed by atoms with Crippen LogP contribution in [0.15, 0.2) is 12.1 Å². The Labute approximate surface area is 111 Å². The van der Waals surface area contributed by atoms with Gasteiger partial charge in [0.2, 0.25) is 0 Å². The van der Waals surface area contributed by atoms with Crippen molar-refractivity contribution in [1.29, 1.82) is 5.26 Å². The molecule has 1 aromatic rings. The van der Waals surface area contributed by atoms with Crippen molar-refractivity contribution in [2.45, 2.75) is 12.2 Å². The molecule has 1 rings (SSSR count). The van der Waals surface area contributed by atoms with Crippen molar-refractivity contribution in [3.8, 4) is 11.8 Å². The topological polar surface area (TPSA) is 59.3 Å². The minimum atomic E-state index is -5.00. The van der Waals surface area contributed by atoms with Crippen molar-refractivity contribution in [3.05, 3.63) is 28.8 Å². The van der Waals surface area contributed by atoms with E-state index in [1.165, 1.54) is 6.07 Å². The molecule has 0 fully saturated rings. The first kappa shape index (κ1) is 15.1. The first-order chi connectivity index (χ1) is 8.82. The van der Waals surface area contributed by atoms with Crippen LogP contribution >= 0.6 is 11.6 Å². The van der Waals surface area contributed by atoms with Crippen molar-refractivity contribution in [1.82, 2.24) is 0 Å². The Bertz CT molecular complexity index is 537. The fourth-order valence-corrected chi connectivity index (χ4v) is 1.59. The van der Waals surface area contributed by atoms with E-state index >= 15 is 0 Å². The second kappa shape index (κ2) is 5.80. The summed E-state index contributed by atoms with van der Waals surface area (Å²) >= 11 is 5.55. The number of hydrogen-bond donors (Lipinski definition) is 0. The summed E-state index contributed by atoms with van der Waals surface area (Å²) in [4.78, 5) is 11.5. The lowest BCUT2D eigenvalue weighted by molar-refractivity contribution is -0.274. The van der Waals surface area contributed by atoms with Gasteiger partial charge in [0.1, 0.15) is 11.3 Å². The SMILES string of the molecule is COC(=O)c1c(CCl)cc(C#N)cc1OC(F)(F)F. The molecule has 0 aliphatic heterocycles. The molecule has 102 valence electrons. The molecule has 4 nitrogen and oxygen atoms in total. The molecule has 0 saturated carbocycles. The monoisotopic (exact) mass is 293 g/mol. The third-order valence-electron chi connectivity index (χ3n) is 2.07. The van der Waals surface area contributed by atoms with Crippen LogP contribution in [0, 0.1) is 11.3 Å². The summed E-state index contributed by atoms with van der Waals surface area (Å²) in [5.74, 6) is -2.11. The standard InChI is InChI=1S/C11H7ClF3NO3/c1-18-10(17)9-7(4-12)2-6(5-16)3-8(9)19-11(13,14)15/h2-3H,4H2,1H3. The number of carbonyl (C=O) groups excluding carboxylic acids is 1. The summed E-state index contributed by atoms with van der Waals surface area (Å²) < 4.78 is 44.9. The fraction of sp³-hybridized carbons (Fsp3) is 0.273. The molecular formula is C11H7ClF3NO3. The lowest BCUT2D eigenvalue weighted by atomic mass is 10.0. The normalized spacial score (nSPS) is 10.7. The molecule has 0 heterocycles. The molecule has 19 heavy (non-hydrogen) atoms. The van der Waals surface area contributed by atoms with Gasteiger partial charge in [0, 0.05) is 5.88 Å². The Morgan fingerprint density at radius 3 is 2.53 bits per heavy atom. The van der Waals surface area contributed by atoms with Crippen molar-refractivity contribution < 1.29 is 27.4 Å². The van der Waals surface area contributed by atoms with Crippen molar-refractivity contribution in [2.75, 3.05) is 7.11 Å². The summed E-state index contributed by atoms with van der Waals surface area (Å²) in [7, 11) is 1.01. The van der Waals surface area contributed by atoms with E-state index in [9.17, 15) is 18.0 Å². The van der Waals surface area contributed by atoms with E-state index in [2.05, 4.69) is 9.47 Å². The maximum atomic E-state index is 12.3. The Balaban J connectivity index is 3.47. The highest BCUT2D eigenvalue weighted by Crippen LogP contribution is 2.31. The van der Waals surface area contributed by atoms with E-state index in [0.29, 0.717) is 0 Å². The largest absolute Gasteiger partial charge is 0.573 e. The highest BCUT2D eigenvalue weighted by Gasteiger charge is 2.34. The lowest BCUT2D eigenvalue weighted by Crippen LogP contribution is -2.20. The second-order valence-corrected chi connectivity index (χ2v) is 3.56. The van der Waals surface area contributed by atoms with Crippen LogP contribution in [-0.4, -0.2) is 19.4 Å². The second-order valence-electron chi connectivity index (χ2n) is 3.29. The summed E-state index contributed by atoms with van der Waals surface area (Å²) in [5.41, 5.74) is -0.539. The van der Waals surface area contributed by atoms with Gasteiger partial charge in [0.15, 0.2) is 0 Å². The molecule has 0 atom stereocenters. The maximum Gasteiger partial charge on any atom is 0.573 e. The average molecular weight is 294 g/mol. The average Bonchev–Trinajstić information content (AvgIpc) is 2.34. The van der Waals surface area contributed by atoms with E-state index in [-0.39, 0.29) is 17.0 Å². The summed E-state index contributed by atoms with van der Waals surface area (Å²) in [6, 6.07) is 3.65. The van der Waals surface area contributed by atoms with Crippen LogP contribution in [0.1, 0.15) is 21.5 Å². The summed E-state index contributed by atoms with van der Waals surface area (Å²) in [5, 5.41) is 8.72. The first-order valence-electron chi connectivity index (χ1n) is 4.79. The third-order valence-corrected chi connectivity index (χ3v) is 2.36. The van der Waals surface area contributed by atoms with E-state index in [1.807, 2.05) is 0 Å². The van der Waals surface area contributed by atoms with E-state index in [0.717, 1.165) is 13.2 Å². The van der Waals surface area contributed by atoms with Gasteiger partial charge in [-0.25, -0.2) is 4.79 Å². The van der Waals surface area contributed by atoms with Gasteiger partial charge in [-0.05, 0) is 17.7 Å². The number of halogens is 4. The molecule has 0 saturated heterocycles. The lowest BCUT2D eigenvalue weighted by Gasteiger charge is -2.14. The number of carbonyl (C=O) groups is 1. The third kappa shape index (κ3) is 3.76. The molecule has 0 amide bonds. The first-order valence-corrected chi connectivity index (χ1v) is 5.33. The Hall–Kier alpha value is -1.94. The van der Waals surface area contributed by atoms with Crippen LogP contribution < -0.4 is 4.74 Å². The molecule has 0 N–H and O–H groups in total. The number of rotatable bonds is 3. The maximum absolute atomic E-state index is 12.3. The molecule has 0 aliphatic carbocycles. The van der Waals surface area contributed by atoms with E-state index < -0.39 is 23.6 Å². The zero-order valence-corrected chi connectivity index (χ0v) is 10.3. The number of hydrogen-bond acceptors (Lipinski definition) is 4. The number of methoxy groups -OCH3 is 1. The zero-order valence-electron chi connectivity index (χ0n) is 9.55. The van der Waals surface area contributed by atoms with Crippen molar-refractivity contribution in [3.63, 3.8) is 0 Å². The highest BCUT2D eigenvalue weighted by molar-refractivity contribution is 6.17. The van der Waals surface area contributed by atoms with Crippen molar-refractivity contribution in [2.24, 2.45) is 0 Å². The number of alkyl halides is 4.